The van der Waals surface area contributed by atoms with Gasteiger partial charge in [-0.05, 0) is 48.7 Å². The first kappa shape index (κ1) is 23.4. The molecule has 0 amide bonds. The summed E-state index contributed by atoms with van der Waals surface area (Å²) in [4.78, 5) is 18.2. The van der Waals surface area contributed by atoms with Crippen molar-refractivity contribution in [1.29, 1.82) is 0 Å². The van der Waals surface area contributed by atoms with Gasteiger partial charge in [0.25, 0.3) is 0 Å². The summed E-state index contributed by atoms with van der Waals surface area (Å²) in [6.07, 6.45) is 4.29. The van der Waals surface area contributed by atoms with Crippen LogP contribution in [-0.2, 0) is 24.7 Å². The van der Waals surface area contributed by atoms with Gasteiger partial charge in [-0.2, -0.15) is 5.10 Å². The van der Waals surface area contributed by atoms with E-state index in [-0.39, 0.29) is 22.9 Å². The van der Waals surface area contributed by atoms with Crippen molar-refractivity contribution in [1.82, 2.24) is 19.7 Å². The minimum atomic E-state index is -0.512. The Hall–Kier alpha value is -4.33. The number of nitrogens with zero attached hydrogens (tertiary/aromatic N) is 3. The molecule has 0 saturated heterocycles. The molecule has 2 aromatic heterocycles. The quantitative estimate of drug-likeness (QED) is 0.271. The minimum absolute atomic E-state index is 0.0868. The van der Waals surface area contributed by atoms with Gasteiger partial charge in [-0.3, -0.25) is 4.68 Å². The third-order valence-corrected chi connectivity index (χ3v) is 6.17. The zero-order valence-electron chi connectivity index (χ0n) is 19.9. The number of H-pyrrole nitrogens is 1. The molecule has 0 aliphatic carbocycles. The van der Waals surface area contributed by atoms with Crippen LogP contribution in [0.1, 0.15) is 28.9 Å². The van der Waals surface area contributed by atoms with Crippen LogP contribution in [0.15, 0.2) is 60.8 Å². The molecule has 0 spiro atoms. The molecular weight excluding hydrogens is 462 g/mol. The molecule has 0 aliphatic heterocycles. The fourth-order valence-electron chi connectivity index (χ4n) is 4.29. The molecule has 3 aromatic carbocycles. The van der Waals surface area contributed by atoms with E-state index in [1.165, 1.54) is 24.3 Å². The fraction of sp³-hybridized carbons (Fsp3) is 0.179. The number of rotatable bonds is 8. The predicted molar refractivity (Wildman–Crippen MR) is 133 cm³/mol. The maximum atomic E-state index is 14.8. The SMILES string of the molecule is Cc1c(Oc2ccc(F)c(-c3nc(Cc4cccc(CCC=O)c4)n(C)n3)c2)c(F)cc2[nH]ccc12. The summed E-state index contributed by atoms with van der Waals surface area (Å²) in [6.45, 7) is 1.78. The molecule has 0 radical (unpaired) electrons. The van der Waals surface area contributed by atoms with Gasteiger partial charge in [0, 0.05) is 48.6 Å². The van der Waals surface area contributed by atoms with E-state index in [9.17, 15) is 13.6 Å². The third-order valence-electron chi connectivity index (χ3n) is 6.17. The maximum Gasteiger partial charge on any atom is 0.184 e. The van der Waals surface area contributed by atoms with E-state index in [1.807, 2.05) is 30.3 Å². The first-order valence-corrected chi connectivity index (χ1v) is 11.6. The lowest BCUT2D eigenvalue weighted by molar-refractivity contribution is -0.107. The highest BCUT2D eigenvalue weighted by Gasteiger charge is 2.18. The number of aldehydes is 1. The zero-order chi connectivity index (χ0) is 25.2. The molecular formula is C28H24F2N4O2. The number of ether oxygens (including phenoxy) is 1. The van der Waals surface area contributed by atoms with Crippen LogP contribution in [0, 0.1) is 18.6 Å². The van der Waals surface area contributed by atoms with E-state index in [0.29, 0.717) is 36.2 Å². The molecule has 1 N–H and O–H groups in total. The highest BCUT2D eigenvalue weighted by atomic mass is 19.1. The number of nitrogens with one attached hydrogen (secondary N) is 1. The average molecular weight is 487 g/mol. The Kier molecular flexibility index (Phi) is 6.33. The van der Waals surface area contributed by atoms with Gasteiger partial charge >= 0.3 is 0 Å². The number of halogens is 2. The van der Waals surface area contributed by atoms with Crippen molar-refractivity contribution in [2.24, 2.45) is 7.05 Å². The predicted octanol–water partition coefficient (Wildman–Crippen LogP) is 6.06. The zero-order valence-corrected chi connectivity index (χ0v) is 19.9. The number of carbonyl (C=O) groups is 1. The summed E-state index contributed by atoms with van der Waals surface area (Å²) in [5, 5.41) is 5.26. The van der Waals surface area contributed by atoms with Crippen molar-refractivity contribution in [3.8, 4) is 22.9 Å². The highest BCUT2D eigenvalue weighted by Crippen LogP contribution is 2.35. The van der Waals surface area contributed by atoms with Crippen LogP contribution in [0.25, 0.3) is 22.3 Å². The molecule has 0 bridgehead atoms. The Morgan fingerprint density at radius 3 is 2.72 bits per heavy atom. The van der Waals surface area contributed by atoms with Gasteiger partial charge < -0.3 is 14.5 Å². The van der Waals surface area contributed by atoms with Gasteiger partial charge in [0.2, 0.25) is 0 Å². The standard InChI is InChI=1S/C28H24F2N4O2/c1-17-21-10-11-31-25(21)16-24(30)27(17)36-20-8-9-23(29)22(15-20)28-32-26(34(2)33-28)14-19-6-3-5-18(13-19)7-4-12-35/h3,5-6,8-13,15-16,31H,4,7,14H2,1-2H3. The van der Waals surface area contributed by atoms with E-state index < -0.39 is 11.6 Å². The molecule has 0 unspecified atom stereocenters. The van der Waals surface area contributed by atoms with Crippen molar-refractivity contribution >= 4 is 17.2 Å². The molecule has 5 aromatic rings. The topological polar surface area (TPSA) is 72.8 Å². The molecule has 0 saturated carbocycles. The van der Waals surface area contributed by atoms with E-state index in [4.69, 9.17) is 4.74 Å². The third kappa shape index (κ3) is 4.62. The number of benzene rings is 3. The Morgan fingerprint density at radius 2 is 1.89 bits per heavy atom. The maximum absolute atomic E-state index is 14.8. The smallest absolute Gasteiger partial charge is 0.184 e. The number of hydrogen-bond acceptors (Lipinski definition) is 4. The lowest BCUT2D eigenvalue weighted by atomic mass is 10.0. The van der Waals surface area contributed by atoms with Crippen LogP contribution in [-0.4, -0.2) is 26.0 Å². The second-order valence-electron chi connectivity index (χ2n) is 8.67. The van der Waals surface area contributed by atoms with Gasteiger partial charge in [-0.15, -0.1) is 0 Å². The summed E-state index contributed by atoms with van der Waals surface area (Å²) in [6, 6.07) is 15.4. The largest absolute Gasteiger partial charge is 0.454 e. The monoisotopic (exact) mass is 486 g/mol. The van der Waals surface area contributed by atoms with E-state index in [2.05, 4.69) is 15.1 Å². The van der Waals surface area contributed by atoms with Gasteiger partial charge in [0.15, 0.2) is 17.4 Å². The van der Waals surface area contributed by atoms with E-state index in [1.54, 1.807) is 24.9 Å². The first-order chi connectivity index (χ1) is 17.4. The number of fused-ring (bicyclic) bond motifs is 1. The summed E-state index contributed by atoms with van der Waals surface area (Å²) < 4.78 is 37.0. The van der Waals surface area contributed by atoms with Crippen molar-refractivity contribution in [2.75, 3.05) is 0 Å². The minimum Gasteiger partial charge on any atom is -0.454 e. The summed E-state index contributed by atoms with van der Waals surface area (Å²) in [5.74, 6) is 0.216. The lowest BCUT2D eigenvalue weighted by Crippen LogP contribution is -2.01. The van der Waals surface area contributed by atoms with Crippen LogP contribution in [0.5, 0.6) is 11.5 Å². The summed E-state index contributed by atoms with van der Waals surface area (Å²) in [7, 11) is 1.76. The van der Waals surface area contributed by atoms with Gasteiger partial charge in [-0.25, -0.2) is 13.8 Å². The molecule has 5 rings (SSSR count). The first-order valence-electron chi connectivity index (χ1n) is 11.6. The van der Waals surface area contributed by atoms with Crippen molar-refractivity contribution in [3.05, 3.63) is 94.9 Å². The van der Waals surface area contributed by atoms with Crippen LogP contribution in [0.3, 0.4) is 0 Å². The average Bonchev–Trinajstić information content (AvgIpc) is 3.48. The number of aryl methyl sites for hydroxylation is 3. The van der Waals surface area contributed by atoms with Crippen molar-refractivity contribution in [3.63, 3.8) is 0 Å². The second kappa shape index (κ2) is 9.73. The molecule has 2 heterocycles. The molecule has 0 fully saturated rings. The molecule has 182 valence electrons. The normalized spacial score (nSPS) is 11.2. The Morgan fingerprint density at radius 1 is 1.06 bits per heavy atom. The summed E-state index contributed by atoms with van der Waals surface area (Å²) in [5.41, 5.74) is 3.57. The van der Waals surface area contributed by atoms with Crippen LogP contribution in [0.2, 0.25) is 0 Å². The Balaban J connectivity index is 1.42. The number of hydrogen-bond donors (Lipinski definition) is 1. The van der Waals surface area contributed by atoms with Crippen LogP contribution in [0.4, 0.5) is 8.78 Å². The van der Waals surface area contributed by atoms with E-state index in [0.717, 1.165) is 22.8 Å². The number of aromatic nitrogens is 4. The lowest BCUT2D eigenvalue weighted by Gasteiger charge is -2.12. The Labute approximate surface area is 206 Å². The second-order valence-corrected chi connectivity index (χ2v) is 8.67. The van der Waals surface area contributed by atoms with Gasteiger partial charge in [0.05, 0.1) is 5.56 Å². The molecule has 0 aliphatic rings. The van der Waals surface area contributed by atoms with Crippen molar-refractivity contribution < 1.29 is 18.3 Å². The summed E-state index contributed by atoms with van der Waals surface area (Å²) >= 11 is 0. The number of carbonyl (C=O) groups excluding carboxylic acids is 1. The van der Waals surface area contributed by atoms with Crippen molar-refractivity contribution in [2.45, 2.75) is 26.2 Å². The molecule has 0 atom stereocenters. The molecule has 36 heavy (non-hydrogen) atoms. The Bertz CT molecular complexity index is 1570. The highest BCUT2D eigenvalue weighted by molar-refractivity contribution is 5.85. The number of aromatic amines is 1. The van der Waals surface area contributed by atoms with Crippen LogP contribution < -0.4 is 4.74 Å². The molecule has 6 nitrogen and oxygen atoms in total. The van der Waals surface area contributed by atoms with E-state index >= 15 is 0 Å². The van der Waals surface area contributed by atoms with Gasteiger partial charge in [-0.1, -0.05) is 24.3 Å². The van der Waals surface area contributed by atoms with Gasteiger partial charge in [0.1, 0.15) is 23.7 Å². The van der Waals surface area contributed by atoms with Crippen LogP contribution >= 0.6 is 0 Å². The molecule has 8 heteroatoms. The fourth-order valence-corrected chi connectivity index (χ4v) is 4.29.